The van der Waals surface area contributed by atoms with E-state index in [0.29, 0.717) is 13.2 Å². The third-order valence-corrected chi connectivity index (χ3v) is 3.44. The van der Waals surface area contributed by atoms with Crippen LogP contribution in [0.2, 0.25) is 0 Å². The van der Waals surface area contributed by atoms with Crippen LogP contribution < -0.4 is 4.74 Å². The predicted molar refractivity (Wildman–Crippen MR) is 85.5 cm³/mol. The van der Waals surface area contributed by atoms with Gasteiger partial charge in [0.15, 0.2) is 0 Å². The van der Waals surface area contributed by atoms with E-state index in [1.54, 1.807) is 0 Å². The summed E-state index contributed by atoms with van der Waals surface area (Å²) in [7, 11) is 0. The lowest BCUT2D eigenvalue weighted by molar-refractivity contribution is 0.110. The van der Waals surface area contributed by atoms with Crippen LogP contribution in [-0.2, 0) is 11.2 Å². The Bertz CT molecular complexity index is 319. The molecule has 20 heavy (non-hydrogen) atoms. The summed E-state index contributed by atoms with van der Waals surface area (Å²) >= 11 is 0. The van der Waals surface area contributed by atoms with Crippen LogP contribution in [0.15, 0.2) is 24.3 Å². The molecule has 1 aromatic rings. The Kier molecular flexibility index (Phi) is 10.0. The number of rotatable bonds is 12. The molecular formula is C18H30O2. The molecule has 0 fully saturated rings. The highest BCUT2D eigenvalue weighted by atomic mass is 16.5. The second-order valence-corrected chi connectivity index (χ2v) is 5.21. The Morgan fingerprint density at radius 3 is 2.20 bits per heavy atom. The molecular weight excluding hydrogens is 248 g/mol. The molecule has 0 unspecified atom stereocenters. The number of unbranched alkanes of at least 4 members (excludes halogenated alkanes) is 5. The lowest BCUT2D eigenvalue weighted by atomic mass is 10.0. The van der Waals surface area contributed by atoms with E-state index in [1.807, 2.05) is 6.92 Å². The van der Waals surface area contributed by atoms with Crippen molar-refractivity contribution in [2.75, 3.05) is 19.8 Å². The summed E-state index contributed by atoms with van der Waals surface area (Å²) in [6.07, 6.45) is 9.32. The van der Waals surface area contributed by atoms with Gasteiger partial charge in [-0.25, -0.2) is 0 Å². The van der Waals surface area contributed by atoms with Crippen molar-refractivity contribution in [3.05, 3.63) is 29.8 Å². The largest absolute Gasteiger partial charge is 0.491 e. The van der Waals surface area contributed by atoms with Crippen LogP contribution in [0, 0.1) is 0 Å². The Morgan fingerprint density at radius 2 is 1.50 bits per heavy atom. The van der Waals surface area contributed by atoms with Gasteiger partial charge in [0.05, 0.1) is 6.61 Å². The highest BCUT2D eigenvalue weighted by Gasteiger charge is 1.97. The topological polar surface area (TPSA) is 18.5 Å². The van der Waals surface area contributed by atoms with Gasteiger partial charge in [0.25, 0.3) is 0 Å². The van der Waals surface area contributed by atoms with Crippen LogP contribution in [0.3, 0.4) is 0 Å². The van der Waals surface area contributed by atoms with Crippen LogP contribution in [0.5, 0.6) is 5.75 Å². The third kappa shape index (κ3) is 8.21. The van der Waals surface area contributed by atoms with E-state index in [4.69, 9.17) is 9.47 Å². The number of hydrogen-bond donors (Lipinski definition) is 0. The summed E-state index contributed by atoms with van der Waals surface area (Å²) in [6, 6.07) is 8.50. The van der Waals surface area contributed by atoms with Crippen molar-refractivity contribution in [3.63, 3.8) is 0 Å². The molecule has 0 aliphatic heterocycles. The van der Waals surface area contributed by atoms with Gasteiger partial charge in [0.1, 0.15) is 12.4 Å². The minimum atomic E-state index is 0.630. The molecule has 0 amide bonds. The number of hydrogen-bond acceptors (Lipinski definition) is 2. The van der Waals surface area contributed by atoms with Crippen LogP contribution in [0.4, 0.5) is 0 Å². The quantitative estimate of drug-likeness (QED) is 0.501. The minimum Gasteiger partial charge on any atom is -0.491 e. The summed E-state index contributed by atoms with van der Waals surface area (Å²) in [6.45, 7) is 6.30. The second kappa shape index (κ2) is 11.8. The average molecular weight is 278 g/mol. The zero-order valence-corrected chi connectivity index (χ0v) is 13.2. The Morgan fingerprint density at radius 1 is 0.800 bits per heavy atom. The Labute approximate surface area is 124 Å². The number of benzene rings is 1. The van der Waals surface area contributed by atoms with Gasteiger partial charge in [0, 0.05) is 6.61 Å². The van der Waals surface area contributed by atoms with Crippen LogP contribution in [-0.4, -0.2) is 19.8 Å². The smallest absolute Gasteiger partial charge is 0.119 e. The van der Waals surface area contributed by atoms with Gasteiger partial charge in [-0.15, -0.1) is 0 Å². The first-order valence-electron chi connectivity index (χ1n) is 8.16. The molecule has 0 heterocycles. The average Bonchev–Trinajstić information content (AvgIpc) is 2.49. The summed E-state index contributed by atoms with van der Waals surface area (Å²) in [5.41, 5.74) is 1.41. The van der Waals surface area contributed by atoms with Crippen molar-refractivity contribution in [2.24, 2.45) is 0 Å². The normalized spacial score (nSPS) is 10.7. The van der Waals surface area contributed by atoms with Crippen molar-refractivity contribution in [3.8, 4) is 5.75 Å². The van der Waals surface area contributed by atoms with E-state index < -0.39 is 0 Å². The number of aryl methyl sites for hydroxylation is 1. The fourth-order valence-electron chi connectivity index (χ4n) is 2.22. The summed E-state index contributed by atoms with van der Waals surface area (Å²) in [5, 5.41) is 0. The van der Waals surface area contributed by atoms with Crippen molar-refractivity contribution < 1.29 is 9.47 Å². The molecule has 0 aliphatic carbocycles. The maximum absolute atomic E-state index is 5.61. The molecule has 1 rings (SSSR count). The molecule has 2 nitrogen and oxygen atoms in total. The van der Waals surface area contributed by atoms with Gasteiger partial charge in [-0.05, 0) is 37.5 Å². The van der Waals surface area contributed by atoms with E-state index in [0.717, 1.165) is 12.4 Å². The van der Waals surface area contributed by atoms with Crippen LogP contribution >= 0.6 is 0 Å². The maximum atomic E-state index is 5.61. The first-order chi connectivity index (χ1) is 9.86. The van der Waals surface area contributed by atoms with Gasteiger partial charge >= 0.3 is 0 Å². The van der Waals surface area contributed by atoms with E-state index in [1.165, 1.54) is 50.5 Å². The zero-order valence-electron chi connectivity index (χ0n) is 13.2. The zero-order chi connectivity index (χ0) is 14.5. The minimum absolute atomic E-state index is 0.630. The Hall–Kier alpha value is -1.02. The van der Waals surface area contributed by atoms with Crippen molar-refractivity contribution in [2.45, 2.75) is 58.8 Å². The molecule has 0 radical (unpaired) electrons. The van der Waals surface area contributed by atoms with Crippen molar-refractivity contribution >= 4 is 0 Å². The molecule has 0 aliphatic rings. The highest BCUT2D eigenvalue weighted by molar-refractivity contribution is 5.27. The van der Waals surface area contributed by atoms with Gasteiger partial charge in [-0.2, -0.15) is 0 Å². The SMILES string of the molecule is CCCCCCCCc1ccc(OCCOCC)cc1. The third-order valence-electron chi connectivity index (χ3n) is 3.44. The fraction of sp³-hybridized carbons (Fsp3) is 0.667. The predicted octanol–water partition coefficient (Wildman–Crippen LogP) is 5.00. The van der Waals surface area contributed by atoms with Gasteiger partial charge < -0.3 is 9.47 Å². The number of ether oxygens (including phenoxy) is 2. The molecule has 0 bridgehead atoms. The molecule has 0 N–H and O–H groups in total. The first kappa shape index (κ1) is 17.0. The standard InChI is InChI=1S/C18H30O2/c1-3-5-6-7-8-9-10-17-11-13-18(14-12-17)20-16-15-19-4-2/h11-14H,3-10,15-16H2,1-2H3. The fourth-order valence-corrected chi connectivity index (χ4v) is 2.22. The lowest BCUT2D eigenvalue weighted by Crippen LogP contribution is -2.06. The lowest BCUT2D eigenvalue weighted by Gasteiger charge is -2.07. The van der Waals surface area contributed by atoms with E-state index in [-0.39, 0.29) is 0 Å². The molecule has 0 saturated heterocycles. The van der Waals surface area contributed by atoms with Gasteiger partial charge in [-0.3, -0.25) is 0 Å². The van der Waals surface area contributed by atoms with Gasteiger partial charge in [0.2, 0.25) is 0 Å². The molecule has 114 valence electrons. The summed E-state index contributed by atoms with van der Waals surface area (Å²) < 4.78 is 10.9. The van der Waals surface area contributed by atoms with Crippen molar-refractivity contribution in [1.29, 1.82) is 0 Å². The van der Waals surface area contributed by atoms with Crippen molar-refractivity contribution in [1.82, 2.24) is 0 Å². The monoisotopic (exact) mass is 278 g/mol. The first-order valence-corrected chi connectivity index (χ1v) is 8.16. The molecule has 0 saturated carbocycles. The Balaban J connectivity index is 2.12. The molecule has 1 aromatic carbocycles. The van der Waals surface area contributed by atoms with E-state index in [2.05, 4.69) is 31.2 Å². The molecule has 2 heteroatoms. The van der Waals surface area contributed by atoms with Gasteiger partial charge in [-0.1, -0.05) is 51.2 Å². The molecule has 0 spiro atoms. The van der Waals surface area contributed by atoms with E-state index >= 15 is 0 Å². The second-order valence-electron chi connectivity index (χ2n) is 5.21. The van der Waals surface area contributed by atoms with E-state index in [9.17, 15) is 0 Å². The summed E-state index contributed by atoms with van der Waals surface area (Å²) in [5.74, 6) is 0.941. The van der Waals surface area contributed by atoms with Crippen LogP contribution in [0.25, 0.3) is 0 Å². The molecule has 0 aromatic heterocycles. The maximum Gasteiger partial charge on any atom is 0.119 e. The molecule has 0 atom stereocenters. The summed E-state index contributed by atoms with van der Waals surface area (Å²) in [4.78, 5) is 0. The highest BCUT2D eigenvalue weighted by Crippen LogP contribution is 2.15. The van der Waals surface area contributed by atoms with Crippen LogP contribution in [0.1, 0.15) is 57.9 Å².